The average Bonchev–Trinajstić information content (AvgIpc) is 1.69. The minimum Gasteiger partial charge on any atom is -0.288 e. The summed E-state index contributed by atoms with van der Waals surface area (Å²) in [5.41, 5.74) is 0. The molecule has 0 aromatic rings. The van der Waals surface area contributed by atoms with Gasteiger partial charge in [0.1, 0.15) is 6.10 Å². The van der Waals surface area contributed by atoms with Crippen molar-refractivity contribution in [3.05, 3.63) is 0 Å². The fourth-order valence-electron chi connectivity index (χ4n) is 0.389. The van der Waals surface area contributed by atoms with Gasteiger partial charge in [0.2, 0.25) is 0 Å². The molecule has 0 aromatic heterocycles. The monoisotopic (exact) mass is 149 g/mol. The summed E-state index contributed by atoms with van der Waals surface area (Å²) in [7, 11) is 0. The van der Waals surface area contributed by atoms with Crippen molar-refractivity contribution < 1.29 is 4.84 Å². The van der Waals surface area contributed by atoms with Crippen LogP contribution in [0.5, 0.6) is 0 Å². The highest BCUT2D eigenvalue weighted by molar-refractivity contribution is 5.85. The van der Waals surface area contributed by atoms with Gasteiger partial charge >= 0.3 is 0 Å². The van der Waals surface area contributed by atoms with Crippen LogP contribution in [0.4, 0.5) is 0 Å². The second-order valence-electron chi connectivity index (χ2n) is 1.97. The molecule has 0 bridgehead atoms. The third-order valence-electron chi connectivity index (χ3n) is 0.916. The zero-order chi connectivity index (χ0) is 6.57. The molecule has 0 saturated heterocycles. The van der Waals surface area contributed by atoms with Gasteiger partial charge in [-0.25, -0.2) is 5.90 Å². The minimum absolute atomic E-state index is 0. The smallest absolute Gasteiger partial charge is 0.141 e. The Kier molecular flexibility index (Phi) is 7.57. The summed E-state index contributed by atoms with van der Waals surface area (Å²) in [4.78, 5) is 4.42. The molecule has 0 saturated carbocycles. The van der Waals surface area contributed by atoms with E-state index in [-0.39, 0.29) is 18.5 Å². The summed E-state index contributed by atoms with van der Waals surface area (Å²) >= 11 is 0. The van der Waals surface area contributed by atoms with E-state index < -0.39 is 0 Å². The van der Waals surface area contributed by atoms with Crippen molar-refractivity contribution in [2.45, 2.75) is 20.0 Å². The molecule has 0 radical (unpaired) electrons. The Balaban J connectivity index is 0. The lowest BCUT2D eigenvalue weighted by molar-refractivity contribution is 0.0623. The molecule has 3 heteroatoms. The molecule has 0 aliphatic rings. The van der Waals surface area contributed by atoms with Gasteiger partial charge in [-0.05, 0) is 5.92 Å². The number of terminal acetylenes is 1. The molecule has 0 heterocycles. The molecular weight excluding hydrogens is 138 g/mol. The van der Waals surface area contributed by atoms with Crippen LogP contribution in [-0.4, -0.2) is 6.10 Å². The first kappa shape index (κ1) is 11.6. The Bertz CT molecular complexity index is 97.7. The summed E-state index contributed by atoms with van der Waals surface area (Å²) in [5.74, 6) is 7.54. The summed E-state index contributed by atoms with van der Waals surface area (Å²) in [6.45, 7) is 3.91. The number of halogens is 1. The van der Waals surface area contributed by atoms with E-state index in [4.69, 9.17) is 12.3 Å². The molecule has 0 aliphatic heterocycles. The van der Waals surface area contributed by atoms with Crippen molar-refractivity contribution in [3.8, 4) is 12.3 Å². The van der Waals surface area contributed by atoms with Gasteiger partial charge in [0.25, 0.3) is 0 Å². The normalized spacial score (nSPS) is 11.9. The maximum Gasteiger partial charge on any atom is 0.141 e. The zero-order valence-corrected chi connectivity index (χ0v) is 6.44. The molecule has 0 fully saturated rings. The molecule has 54 valence electrons. The van der Waals surface area contributed by atoms with Crippen molar-refractivity contribution >= 4 is 12.4 Å². The second-order valence-corrected chi connectivity index (χ2v) is 1.97. The molecule has 0 rings (SSSR count). The van der Waals surface area contributed by atoms with Crippen LogP contribution in [0.3, 0.4) is 0 Å². The van der Waals surface area contributed by atoms with E-state index in [1.165, 1.54) is 0 Å². The van der Waals surface area contributed by atoms with E-state index in [0.717, 1.165) is 0 Å². The van der Waals surface area contributed by atoms with Crippen LogP contribution in [-0.2, 0) is 4.84 Å². The standard InChI is InChI=1S/C6H11NO.ClH/c1-4-6(8-7)5(2)3;/h1,5-6H,7H2,2-3H3;1H. The Morgan fingerprint density at radius 3 is 2.00 bits per heavy atom. The van der Waals surface area contributed by atoms with Crippen molar-refractivity contribution in [1.82, 2.24) is 0 Å². The van der Waals surface area contributed by atoms with Gasteiger partial charge in [0.05, 0.1) is 0 Å². The maximum absolute atomic E-state index is 5.03. The summed E-state index contributed by atoms with van der Waals surface area (Å²) in [5, 5.41) is 0. The van der Waals surface area contributed by atoms with Crippen LogP contribution in [0.25, 0.3) is 0 Å². The lowest BCUT2D eigenvalue weighted by atomic mass is 10.1. The average molecular weight is 150 g/mol. The number of rotatable bonds is 2. The predicted octanol–water partition coefficient (Wildman–Crippen LogP) is 0.956. The van der Waals surface area contributed by atoms with E-state index in [2.05, 4.69) is 10.8 Å². The molecule has 9 heavy (non-hydrogen) atoms. The van der Waals surface area contributed by atoms with Crippen LogP contribution in [0.2, 0.25) is 0 Å². The first-order chi connectivity index (χ1) is 3.72. The predicted molar refractivity (Wildman–Crippen MR) is 40.0 cm³/mol. The highest BCUT2D eigenvalue weighted by Crippen LogP contribution is 2.00. The fourth-order valence-corrected chi connectivity index (χ4v) is 0.389. The van der Waals surface area contributed by atoms with Crippen LogP contribution in [0.1, 0.15) is 13.8 Å². The Morgan fingerprint density at radius 1 is 1.56 bits per heavy atom. The molecule has 0 amide bonds. The van der Waals surface area contributed by atoms with Gasteiger partial charge in [-0.3, -0.25) is 4.84 Å². The van der Waals surface area contributed by atoms with E-state index >= 15 is 0 Å². The molecule has 1 atom stereocenters. The second kappa shape index (κ2) is 5.90. The fraction of sp³-hybridized carbons (Fsp3) is 0.667. The van der Waals surface area contributed by atoms with Gasteiger partial charge in [-0.1, -0.05) is 19.8 Å². The summed E-state index contributed by atoms with van der Waals surface area (Å²) in [6.07, 6.45) is 4.79. The summed E-state index contributed by atoms with van der Waals surface area (Å²) in [6, 6.07) is 0. The SMILES string of the molecule is C#CC(ON)C(C)C.Cl. The van der Waals surface area contributed by atoms with Crippen molar-refractivity contribution in [2.24, 2.45) is 11.8 Å². The molecule has 0 aromatic carbocycles. The number of nitrogens with two attached hydrogens (primary N) is 1. The van der Waals surface area contributed by atoms with Crippen LogP contribution in [0, 0.1) is 18.3 Å². The Labute approximate surface area is 62.1 Å². The molecule has 2 N–H and O–H groups in total. The number of hydrogen-bond donors (Lipinski definition) is 1. The van der Waals surface area contributed by atoms with Gasteiger partial charge in [-0.2, -0.15) is 0 Å². The van der Waals surface area contributed by atoms with Crippen molar-refractivity contribution in [2.75, 3.05) is 0 Å². The largest absolute Gasteiger partial charge is 0.288 e. The van der Waals surface area contributed by atoms with E-state index in [9.17, 15) is 0 Å². The van der Waals surface area contributed by atoms with Gasteiger partial charge < -0.3 is 0 Å². The van der Waals surface area contributed by atoms with Gasteiger partial charge in [-0.15, -0.1) is 18.8 Å². The molecule has 1 unspecified atom stereocenters. The summed E-state index contributed by atoms with van der Waals surface area (Å²) < 4.78 is 0. The minimum atomic E-state index is -0.241. The van der Waals surface area contributed by atoms with Crippen LogP contribution >= 0.6 is 12.4 Å². The highest BCUT2D eigenvalue weighted by atomic mass is 35.5. The van der Waals surface area contributed by atoms with E-state index in [1.54, 1.807) is 0 Å². The van der Waals surface area contributed by atoms with Crippen molar-refractivity contribution in [3.63, 3.8) is 0 Å². The maximum atomic E-state index is 5.03. The molecule has 2 nitrogen and oxygen atoms in total. The van der Waals surface area contributed by atoms with Gasteiger partial charge in [0.15, 0.2) is 0 Å². The van der Waals surface area contributed by atoms with Crippen LogP contribution in [0.15, 0.2) is 0 Å². The zero-order valence-electron chi connectivity index (χ0n) is 5.63. The lowest BCUT2D eigenvalue weighted by Gasteiger charge is -2.09. The first-order valence-corrected chi connectivity index (χ1v) is 2.54. The third kappa shape index (κ3) is 4.28. The molecule has 0 spiro atoms. The van der Waals surface area contributed by atoms with Crippen molar-refractivity contribution in [1.29, 1.82) is 0 Å². The van der Waals surface area contributed by atoms with E-state index in [0.29, 0.717) is 5.92 Å². The highest BCUT2D eigenvalue weighted by Gasteiger charge is 2.06. The van der Waals surface area contributed by atoms with Crippen LogP contribution < -0.4 is 5.90 Å². The quantitative estimate of drug-likeness (QED) is 0.469. The Hall–Kier alpha value is -0.230. The van der Waals surface area contributed by atoms with Gasteiger partial charge in [0, 0.05) is 0 Å². The lowest BCUT2D eigenvalue weighted by Crippen LogP contribution is -2.20. The Morgan fingerprint density at radius 2 is 2.00 bits per heavy atom. The van der Waals surface area contributed by atoms with E-state index in [1.807, 2.05) is 13.8 Å². The molecule has 0 aliphatic carbocycles. The topological polar surface area (TPSA) is 35.2 Å². The first-order valence-electron chi connectivity index (χ1n) is 2.54. The third-order valence-corrected chi connectivity index (χ3v) is 0.916. The molecular formula is C6H12ClNO. The number of hydrogen-bond acceptors (Lipinski definition) is 2.